The third-order valence-corrected chi connectivity index (χ3v) is 4.09. The quantitative estimate of drug-likeness (QED) is 0.799. The highest BCUT2D eigenvalue weighted by atomic mass is 16.3. The molecule has 0 radical (unpaired) electrons. The molecule has 0 saturated heterocycles. The number of carbonyl (C=O) groups is 2. The number of aryl methyl sites for hydroxylation is 3. The molecule has 2 heterocycles. The van der Waals surface area contributed by atoms with Gasteiger partial charge in [0.2, 0.25) is 5.91 Å². The molecule has 134 valence electrons. The zero-order chi connectivity index (χ0) is 18.2. The highest BCUT2D eigenvalue weighted by Gasteiger charge is 2.15. The molecule has 2 rings (SSSR count). The third-order valence-electron chi connectivity index (χ3n) is 4.09. The Bertz CT molecular complexity index is 690. The van der Waals surface area contributed by atoms with Crippen LogP contribution in [0.2, 0.25) is 0 Å². The fourth-order valence-electron chi connectivity index (χ4n) is 2.62. The lowest BCUT2D eigenvalue weighted by molar-refractivity contribution is -0.129. The predicted molar refractivity (Wildman–Crippen MR) is 95.3 cm³/mol. The highest BCUT2D eigenvalue weighted by Crippen LogP contribution is 2.14. The van der Waals surface area contributed by atoms with Crippen LogP contribution in [0.5, 0.6) is 0 Å². The molecule has 6 nitrogen and oxygen atoms in total. The summed E-state index contributed by atoms with van der Waals surface area (Å²) in [6.07, 6.45) is 5.36. The first-order valence-electron chi connectivity index (χ1n) is 8.45. The molecule has 25 heavy (non-hydrogen) atoms. The maximum Gasteiger partial charge on any atom is 0.255 e. The van der Waals surface area contributed by atoms with Crippen molar-refractivity contribution in [3.63, 3.8) is 0 Å². The second-order valence-corrected chi connectivity index (χ2v) is 6.10. The lowest BCUT2D eigenvalue weighted by Crippen LogP contribution is -2.36. The van der Waals surface area contributed by atoms with E-state index in [1.165, 1.54) is 0 Å². The monoisotopic (exact) mass is 343 g/mol. The van der Waals surface area contributed by atoms with Crippen LogP contribution in [0.3, 0.4) is 0 Å². The molecule has 0 bridgehead atoms. The van der Waals surface area contributed by atoms with Gasteiger partial charge in [0.15, 0.2) is 0 Å². The molecular formula is C19H25N3O3. The zero-order valence-electron chi connectivity index (χ0n) is 15.0. The minimum atomic E-state index is -0.167. The van der Waals surface area contributed by atoms with Crippen molar-refractivity contribution in [2.45, 2.75) is 33.1 Å². The minimum absolute atomic E-state index is 0.0702. The first kappa shape index (κ1) is 18.7. The molecule has 0 aliphatic carbocycles. The lowest BCUT2D eigenvalue weighted by Gasteiger charge is -2.17. The Morgan fingerprint density at radius 1 is 1.28 bits per heavy atom. The van der Waals surface area contributed by atoms with Crippen molar-refractivity contribution >= 4 is 11.8 Å². The average molecular weight is 343 g/mol. The van der Waals surface area contributed by atoms with Gasteiger partial charge >= 0.3 is 0 Å². The number of likely N-dealkylation sites (N-methyl/N-ethyl adjacent to an activating group) is 1. The first-order valence-corrected chi connectivity index (χ1v) is 8.45. The fourth-order valence-corrected chi connectivity index (χ4v) is 2.62. The van der Waals surface area contributed by atoms with E-state index in [2.05, 4.69) is 10.3 Å². The topological polar surface area (TPSA) is 75.4 Å². The van der Waals surface area contributed by atoms with Crippen LogP contribution < -0.4 is 5.32 Å². The summed E-state index contributed by atoms with van der Waals surface area (Å²) in [5.41, 5.74) is 2.38. The molecule has 0 fully saturated rings. The van der Waals surface area contributed by atoms with Gasteiger partial charge in [0, 0.05) is 44.0 Å². The Morgan fingerprint density at radius 2 is 2.08 bits per heavy atom. The maximum absolute atomic E-state index is 12.1. The second kappa shape index (κ2) is 9.01. The van der Waals surface area contributed by atoms with Crippen molar-refractivity contribution in [1.29, 1.82) is 0 Å². The van der Waals surface area contributed by atoms with Gasteiger partial charge < -0.3 is 14.6 Å². The van der Waals surface area contributed by atoms with Gasteiger partial charge in [0.05, 0.1) is 11.8 Å². The Labute approximate surface area is 148 Å². The van der Waals surface area contributed by atoms with Crippen LogP contribution >= 0.6 is 0 Å². The van der Waals surface area contributed by atoms with E-state index in [1.807, 2.05) is 25.1 Å². The van der Waals surface area contributed by atoms with E-state index in [9.17, 15) is 9.59 Å². The van der Waals surface area contributed by atoms with Crippen molar-refractivity contribution in [3.05, 3.63) is 53.2 Å². The normalized spacial score (nSPS) is 10.5. The van der Waals surface area contributed by atoms with Crippen molar-refractivity contribution < 1.29 is 14.0 Å². The molecule has 0 aliphatic heterocycles. The van der Waals surface area contributed by atoms with Gasteiger partial charge in [-0.2, -0.15) is 0 Å². The molecule has 1 N–H and O–H groups in total. The van der Waals surface area contributed by atoms with E-state index in [4.69, 9.17) is 4.42 Å². The van der Waals surface area contributed by atoms with Gasteiger partial charge in [-0.15, -0.1) is 0 Å². The Morgan fingerprint density at radius 3 is 2.72 bits per heavy atom. The first-order chi connectivity index (χ1) is 12.0. The predicted octanol–water partition coefficient (Wildman–Crippen LogP) is 2.50. The summed E-state index contributed by atoms with van der Waals surface area (Å²) in [5.74, 6) is 0.509. The molecule has 0 spiro atoms. The standard InChI is InChI=1S/C19H25N3O3/c1-14-13-25-15(2)18(14)19(24)21-11-12-22(3)17(23)9-6-8-16-7-4-5-10-20-16/h4-5,7,10,13H,6,8-9,11-12H2,1-3H3,(H,21,24). The summed E-state index contributed by atoms with van der Waals surface area (Å²) in [7, 11) is 1.75. The molecule has 2 aromatic heterocycles. The van der Waals surface area contributed by atoms with Crippen LogP contribution in [0.25, 0.3) is 0 Å². The number of rotatable bonds is 8. The summed E-state index contributed by atoms with van der Waals surface area (Å²) < 4.78 is 5.23. The highest BCUT2D eigenvalue weighted by molar-refractivity contribution is 5.96. The molecule has 6 heteroatoms. The molecule has 0 saturated carbocycles. The van der Waals surface area contributed by atoms with Crippen molar-refractivity contribution in [2.24, 2.45) is 0 Å². The summed E-state index contributed by atoms with van der Waals surface area (Å²) in [6.45, 7) is 4.48. The van der Waals surface area contributed by atoms with Crippen molar-refractivity contribution in [3.8, 4) is 0 Å². The Balaban J connectivity index is 1.68. The summed E-state index contributed by atoms with van der Waals surface area (Å²) in [5, 5.41) is 2.83. The summed E-state index contributed by atoms with van der Waals surface area (Å²) in [4.78, 5) is 30.2. The average Bonchev–Trinajstić information content (AvgIpc) is 2.94. The second-order valence-electron chi connectivity index (χ2n) is 6.10. The van der Waals surface area contributed by atoms with Gasteiger partial charge in [-0.25, -0.2) is 0 Å². The fraction of sp³-hybridized carbons (Fsp3) is 0.421. The van der Waals surface area contributed by atoms with Crippen molar-refractivity contribution in [2.75, 3.05) is 20.1 Å². The van der Waals surface area contributed by atoms with Gasteiger partial charge in [0.25, 0.3) is 5.91 Å². The molecule has 2 aromatic rings. The zero-order valence-corrected chi connectivity index (χ0v) is 15.0. The van der Waals surface area contributed by atoms with Gasteiger partial charge in [0.1, 0.15) is 5.76 Å². The van der Waals surface area contributed by atoms with Gasteiger partial charge in [-0.05, 0) is 38.8 Å². The number of furan rings is 1. The number of amides is 2. The number of aromatic nitrogens is 1. The smallest absolute Gasteiger partial charge is 0.255 e. The summed E-state index contributed by atoms with van der Waals surface area (Å²) in [6, 6.07) is 5.79. The Hall–Kier alpha value is -2.63. The summed E-state index contributed by atoms with van der Waals surface area (Å²) >= 11 is 0. The molecular weight excluding hydrogens is 318 g/mol. The van der Waals surface area contributed by atoms with Gasteiger partial charge in [-0.3, -0.25) is 14.6 Å². The minimum Gasteiger partial charge on any atom is -0.469 e. The number of nitrogens with zero attached hydrogens (tertiary/aromatic N) is 2. The maximum atomic E-state index is 12.1. The number of nitrogens with one attached hydrogen (secondary N) is 1. The van der Waals surface area contributed by atoms with E-state index in [-0.39, 0.29) is 11.8 Å². The molecule has 0 atom stereocenters. The lowest BCUT2D eigenvalue weighted by atomic mass is 10.1. The van der Waals surface area contributed by atoms with E-state index >= 15 is 0 Å². The third kappa shape index (κ3) is 5.45. The van der Waals surface area contributed by atoms with Crippen molar-refractivity contribution in [1.82, 2.24) is 15.2 Å². The van der Waals surface area contributed by atoms with E-state index < -0.39 is 0 Å². The van der Waals surface area contributed by atoms with Crippen LogP contribution in [-0.4, -0.2) is 41.8 Å². The van der Waals surface area contributed by atoms with E-state index in [0.29, 0.717) is 30.8 Å². The van der Waals surface area contributed by atoms with Crippen LogP contribution in [0, 0.1) is 13.8 Å². The van der Waals surface area contributed by atoms with E-state index in [1.54, 1.807) is 31.3 Å². The number of pyridine rings is 1. The number of hydrogen-bond donors (Lipinski definition) is 1. The van der Waals surface area contributed by atoms with Crippen LogP contribution in [0.15, 0.2) is 35.1 Å². The molecule has 2 amide bonds. The molecule has 0 aliphatic rings. The van der Waals surface area contributed by atoms with Crippen LogP contribution in [0.1, 0.15) is 40.2 Å². The Kier molecular flexibility index (Phi) is 6.74. The largest absolute Gasteiger partial charge is 0.469 e. The number of carbonyl (C=O) groups excluding carboxylic acids is 2. The van der Waals surface area contributed by atoms with Crippen LogP contribution in [-0.2, 0) is 11.2 Å². The SMILES string of the molecule is Cc1coc(C)c1C(=O)NCCN(C)C(=O)CCCc1ccccn1. The number of hydrogen-bond acceptors (Lipinski definition) is 4. The van der Waals surface area contributed by atoms with Crippen LogP contribution in [0.4, 0.5) is 0 Å². The van der Waals surface area contributed by atoms with Gasteiger partial charge in [-0.1, -0.05) is 6.07 Å². The molecule has 0 unspecified atom stereocenters. The molecule has 0 aromatic carbocycles. The van der Waals surface area contributed by atoms with E-state index in [0.717, 1.165) is 24.1 Å².